The number of nitriles is 1. The van der Waals surface area contributed by atoms with Crippen LogP contribution < -0.4 is 0 Å². The Morgan fingerprint density at radius 1 is 1.41 bits per heavy atom. The van der Waals surface area contributed by atoms with Crippen molar-refractivity contribution >= 4 is 11.7 Å². The van der Waals surface area contributed by atoms with E-state index >= 15 is 0 Å². The fourth-order valence-corrected chi connectivity index (χ4v) is 3.12. The van der Waals surface area contributed by atoms with Crippen molar-refractivity contribution < 1.29 is 22.8 Å². The number of amides is 1. The van der Waals surface area contributed by atoms with Crippen molar-refractivity contribution in [1.82, 2.24) is 9.88 Å². The SMILES string of the molecule is CN(CCC1C=C(C#N)C(=O)C(C)(C)C1)C(=O)c1cccc(C(F)(F)F)n1. The van der Waals surface area contributed by atoms with Crippen LogP contribution in [0.1, 0.15) is 42.9 Å². The lowest BCUT2D eigenvalue weighted by molar-refractivity contribution is -0.141. The van der Waals surface area contributed by atoms with Gasteiger partial charge in [-0.25, -0.2) is 4.98 Å². The Morgan fingerprint density at radius 3 is 2.67 bits per heavy atom. The van der Waals surface area contributed by atoms with Gasteiger partial charge in [0.15, 0.2) is 5.78 Å². The Bertz CT molecular complexity index is 822. The fraction of sp³-hybridized carbons (Fsp3) is 0.474. The zero-order valence-corrected chi connectivity index (χ0v) is 15.3. The number of ketones is 1. The third kappa shape index (κ3) is 4.73. The second-order valence-electron chi connectivity index (χ2n) is 7.29. The van der Waals surface area contributed by atoms with E-state index in [1.165, 1.54) is 18.0 Å². The van der Waals surface area contributed by atoms with Crippen LogP contribution in [0.5, 0.6) is 0 Å². The molecule has 0 aromatic carbocycles. The molecule has 1 aromatic rings. The van der Waals surface area contributed by atoms with Gasteiger partial charge in [-0.2, -0.15) is 18.4 Å². The molecule has 1 unspecified atom stereocenters. The maximum Gasteiger partial charge on any atom is 0.433 e. The van der Waals surface area contributed by atoms with E-state index in [1.54, 1.807) is 19.9 Å². The molecule has 0 N–H and O–H groups in total. The van der Waals surface area contributed by atoms with Gasteiger partial charge in [-0.05, 0) is 30.9 Å². The molecule has 0 fully saturated rings. The van der Waals surface area contributed by atoms with Gasteiger partial charge in [0.25, 0.3) is 5.91 Å². The van der Waals surface area contributed by atoms with Crippen molar-refractivity contribution in [2.24, 2.45) is 11.3 Å². The lowest BCUT2D eigenvalue weighted by Gasteiger charge is -2.32. The van der Waals surface area contributed by atoms with E-state index in [9.17, 15) is 22.8 Å². The van der Waals surface area contributed by atoms with Crippen molar-refractivity contribution in [3.8, 4) is 6.07 Å². The summed E-state index contributed by atoms with van der Waals surface area (Å²) in [4.78, 5) is 29.2. The molecule has 144 valence electrons. The molecule has 0 aliphatic heterocycles. The van der Waals surface area contributed by atoms with Crippen LogP contribution in [0.2, 0.25) is 0 Å². The zero-order chi connectivity index (χ0) is 20.4. The van der Waals surface area contributed by atoms with E-state index in [2.05, 4.69) is 4.98 Å². The molecule has 0 saturated heterocycles. The zero-order valence-electron chi connectivity index (χ0n) is 15.3. The minimum absolute atomic E-state index is 0.0722. The molecule has 0 bridgehead atoms. The first-order valence-corrected chi connectivity index (χ1v) is 8.42. The van der Waals surface area contributed by atoms with E-state index in [-0.39, 0.29) is 29.5 Å². The summed E-state index contributed by atoms with van der Waals surface area (Å²) < 4.78 is 38.3. The number of allylic oxidation sites excluding steroid dienone is 2. The Kier molecular flexibility index (Phi) is 5.73. The number of hydrogen-bond donors (Lipinski definition) is 0. The summed E-state index contributed by atoms with van der Waals surface area (Å²) >= 11 is 0. The van der Waals surface area contributed by atoms with E-state index < -0.39 is 23.2 Å². The summed E-state index contributed by atoms with van der Waals surface area (Å²) in [6, 6.07) is 5.11. The van der Waals surface area contributed by atoms with Gasteiger partial charge in [0.2, 0.25) is 0 Å². The predicted molar refractivity (Wildman–Crippen MR) is 91.4 cm³/mol. The van der Waals surface area contributed by atoms with Gasteiger partial charge < -0.3 is 4.90 Å². The number of pyridine rings is 1. The van der Waals surface area contributed by atoms with Gasteiger partial charge in [0, 0.05) is 19.0 Å². The van der Waals surface area contributed by atoms with E-state index in [0.29, 0.717) is 12.8 Å². The molecular weight excluding hydrogens is 359 g/mol. The molecule has 1 aliphatic rings. The Morgan fingerprint density at radius 2 is 2.07 bits per heavy atom. The number of carbonyl (C=O) groups excluding carboxylic acids is 2. The van der Waals surface area contributed by atoms with Crippen molar-refractivity contribution in [3.05, 3.63) is 41.2 Å². The number of aromatic nitrogens is 1. The summed E-state index contributed by atoms with van der Waals surface area (Å²) in [6.45, 7) is 3.81. The number of Topliss-reactive ketones (excluding diaryl/α,β-unsaturated/α-hetero) is 1. The van der Waals surface area contributed by atoms with Crippen molar-refractivity contribution in [2.75, 3.05) is 13.6 Å². The molecular formula is C19H20F3N3O2. The fourth-order valence-electron chi connectivity index (χ4n) is 3.12. The third-order valence-electron chi connectivity index (χ3n) is 4.60. The predicted octanol–water partition coefficient (Wildman–Crippen LogP) is 3.63. The van der Waals surface area contributed by atoms with E-state index in [4.69, 9.17) is 5.26 Å². The minimum atomic E-state index is -4.62. The smallest absolute Gasteiger partial charge is 0.340 e. The molecule has 1 atom stereocenters. The minimum Gasteiger partial charge on any atom is -0.340 e. The summed E-state index contributed by atoms with van der Waals surface area (Å²) in [5, 5.41) is 9.11. The highest BCUT2D eigenvalue weighted by atomic mass is 19.4. The normalized spacial score (nSPS) is 19.2. The number of halogens is 3. The van der Waals surface area contributed by atoms with Gasteiger partial charge in [-0.1, -0.05) is 26.0 Å². The number of alkyl halides is 3. The van der Waals surface area contributed by atoms with Crippen LogP contribution in [0.25, 0.3) is 0 Å². The van der Waals surface area contributed by atoms with Crippen LogP contribution >= 0.6 is 0 Å². The highest BCUT2D eigenvalue weighted by molar-refractivity contribution is 6.03. The maximum atomic E-state index is 12.8. The Hall–Kier alpha value is -2.69. The molecule has 2 rings (SSSR count). The molecule has 1 heterocycles. The van der Waals surface area contributed by atoms with Gasteiger partial charge in [0.1, 0.15) is 17.5 Å². The van der Waals surface area contributed by atoms with Gasteiger partial charge >= 0.3 is 6.18 Å². The van der Waals surface area contributed by atoms with Crippen molar-refractivity contribution in [2.45, 2.75) is 32.9 Å². The molecule has 0 saturated carbocycles. The largest absolute Gasteiger partial charge is 0.433 e. The van der Waals surface area contributed by atoms with Crippen LogP contribution in [0.3, 0.4) is 0 Å². The first-order valence-electron chi connectivity index (χ1n) is 8.42. The lowest BCUT2D eigenvalue weighted by Crippen LogP contribution is -2.34. The lowest BCUT2D eigenvalue weighted by atomic mass is 9.71. The molecule has 1 aromatic heterocycles. The van der Waals surface area contributed by atoms with Crippen LogP contribution in [0, 0.1) is 22.7 Å². The first-order chi connectivity index (χ1) is 12.5. The summed E-state index contributed by atoms with van der Waals surface area (Å²) in [5.41, 5.74) is -1.93. The average molecular weight is 379 g/mol. The highest BCUT2D eigenvalue weighted by Gasteiger charge is 2.37. The van der Waals surface area contributed by atoms with E-state index in [0.717, 1.165) is 12.1 Å². The maximum absolute atomic E-state index is 12.8. The Balaban J connectivity index is 2.07. The van der Waals surface area contributed by atoms with Crippen LogP contribution in [-0.4, -0.2) is 35.2 Å². The number of rotatable bonds is 4. The summed E-state index contributed by atoms with van der Waals surface area (Å²) in [5.74, 6) is -0.882. The molecule has 8 heteroatoms. The third-order valence-corrected chi connectivity index (χ3v) is 4.60. The standard InChI is InChI=1S/C19H20F3N3O2/c1-18(2)10-12(9-13(11-23)16(18)26)7-8-25(3)17(27)14-5-4-6-15(24-14)19(20,21)22/h4-6,9,12H,7-8,10H2,1-3H3. The monoisotopic (exact) mass is 379 g/mol. The van der Waals surface area contributed by atoms with Crippen molar-refractivity contribution in [1.29, 1.82) is 5.26 Å². The highest BCUT2D eigenvalue weighted by Crippen LogP contribution is 2.36. The quantitative estimate of drug-likeness (QED) is 0.801. The number of carbonyl (C=O) groups is 2. The first kappa shape index (κ1) is 20.6. The topological polar surface area (TPSA) is 74.1 Å². The van der Waals surface area contributed by atoms with Crippen LogP contribution in [0.15, 0.2) is 29.8 Å². The Labute approximate surface area is 155 Å². The molecule has 0 radical (unpaired) electrons. The molecule has 0 spiro atoms. The average Bonchev–Trinajstić information content (AvgIpc) is 2.60. The second kappa shape index (κ2) is 7.51. The molecule has 5 nitrogen and oxygen atoms in total. The summed E-state index contributed by atoms with van der Waals surface area (Å²) in [6.07, 6.45) is -1.97. The molecule has 27 heavy (non-hydrogen) atoms. The van der Waals surface area contributed by atoms with Gasteiger partial charge in [0.05, 0.1) is 5.57 Å². The molecule has 1 amide bonds. The number of hydrogen-bond acceptors (Lipinski definition) is 4. The van der Waals surface area contributed by atoms with Gasteiger partial charge in [-0.3, -0.25) is 9.59 Å². The molecule has 1 aliphatic carbocycles. The number of nitrogens with zero attached hydrogens (tertiary/aromatic N) is 3. The van der Waals surface area contributed by atoms with Crippen molar-refractivity contribution in [3.63, 3.8) is 0 Å². The second-order valence-corrected chi connectivity index (χ2v) is 7.29. The van der Waals surface area contributed by atoms with Crippen LogP contribution in [-0.2, 0) is 11.0 Å². The van der Waals surface area contributed by atoms with Gasteiger partial charge in [-0.15, -0.1) is 0 Å². The summed E-state index contributed by atoms with van der Waals surface area (Å²) in [7, 11) is 1.48. The van der Waals surface area contributed by atoms with E-state index in [1.807, 2.05) is 6.07 Å². The van der Waals surface area contributed by atoms with Crippen LogP contribution in [0.4, 0.5) is 13.2 Å².